The fraction of sp³-hybridized carbons (Fsp3) is 0.333. The molecule has 0 amide bonds. The van der Waals surface area contributed by atoms with E-state index in [0.29, 0.717) is 13.0 Å². The fourth-order valence-corrected chi connectivity index (χ4v) is 2.36. The third kappa shape index (κ3) is 6.26. The molecule has 2 rings (SSSR count). The minimum Gasteiger partial charge on any atom is -0.486 e. The lowest BCUT2D eigenvalue weighted by Gasteiger charge is -2.20. The van der Waals surface area contributed by atoms with Gasteiger partial charge in [0.2, 0.25) is 0 Å². The molecule has 2 aromatic carbocycles. The monoisotopic (exact) mass is 357 g/mol. The van der Waals surface area contributed by atoms with Gasteiger partial charge in [0.05, 0.1) is 0 Å². The van der Waals surface area contributed by atoms with Crippen LogP contribution in [0.15, 0.2) is 48.5 Å². The van der Waals surface area contributed by atoms with Crippen LogP contribution in [0, 0.1) is 5.82 Å². The van der Waals surface area contributed by atoms with E-state index in [1.807, 2.05) is 30.3 Å². The van der Waals surface area contributed by atoms with E-state index >= 15 is 0 Å². The Morgan fingerprint density at radius 1 is 1.00 bits per heavy atom. The van der Waals surface area contributed by atoms with E-state index in [0.717, 1.165) is 30.5 Å². The minimum absolute atomic E-state index is 0.133. The highest BCUT2D eigenvalue weighted by atomic mass is 19.4. The van der Waals surface area contributed by atoms with Gasteiger partial charge in [-0.1, -0.05) is 30.3 Å². The summed E-state index contributed by atoms with van der Waals surface area (Å²) in [5, 5.41) is 0. The lowest BCUT2D eigenvalue weighted by molar-refractivity contribution is -0.275. The van der Waals surface area contributed by atoms with Crippen LogP contribution in [0.5, 0.6) is 11.5 Å². The zero-order chi connectivity index (χ0) is 18.3. The summed E-state index contributed by atoms with van der Waals surface area (Å²) in [5.74, 6) is -1.89. The first-order valence-corrected chi connectivity index (χ1v) is 7.86. The van der Waals surface area contributed by atoms with Crippen LogP contribution >= 0.6 is 0 Å². The predicted molar refractivity (Wildman–Crippen MR) is 85.8 cm³/mol. The maximum Gasteiger partial charge on any atom is 0.573 e. The first kappa shape index (κ1) is 19.1. The number of alkyl halides is 3. The average molecular weight is 357 g/mol. The van der Waals surface area contributed by atoms with Crippen molar-refractivity contribution in [3.63, 3.8) is 0 Å². The number of unbranched alkanes of at least 4 members (excludes halogenated alkanes) is 1. The summed E-state index contributed by atoms with van der Waals surface area (Å²) < 4.78 is 59.8. The van der Waals surface area contributed by atoms with Gasteiger partial charge in [-0.15, -0.1) is 13.2 Å². The third-order valence-electron chi connectivity index (χ3n) is 3.50. The van der Waals surface area contributed by atoms with E-state index in [1.165, 1.54) is 6.07 Å². The van der Waals surface area contributed by atoms with E-state index in [9.17, 15) is 17.6 Å². The molecule has 0 bridgehead atoms. The van der Waals surface area contributed by atoms with Gasteiger partial charge >= 0.3 is 6.36 Å². The predicted octanol–water partition coefficient (Wildman–Crippen LogP) is 4.97. The summed E-state index contributed by atoms with van der Waals surface area (Å²) in [6.07, 6.45) is -3.00. The second-order valence-corrected chi connectivity index (χ2v) is 5.44. The van der Waals surface area contributed by atoms with E-state index in [-0.39, 0.29) is 11.9 Å². The lowest BCUT2D eigenvalue weighted by atomic mass is 10.0. The molecule has 7 heteroatoms. The first-order chi connectivity index (χ1) is 11.9. The summed E-state index contributed by atoms with van der Waals surface area (Å²) in [5.41, 5.74) is 6.40. The van der Waals surface area contributed by atoms with Crippen LogP contribution in [0.2, 0.25) is 0 Å². The van der Waals surface area contributed by atoms with E-state index in [4.69, 9.17) is 10.5 Å². The summed E-state index contributed by atoms with van der Waals surface area (Å²) in [6, 6.07) is 12.4. The molecule has 0 radical (unpaired) electrons. The van der Waals surface area contributed by atoms with Gasteiger partial charge in [0.25, 0.3) is 0 Å². The van der Waals surface area contributed by atoms with E-state index in [2.05, 4.69) is 4.74 Å². The zero-order valence-corrected chi connectivity index (χ0v) is 13.4. The normalized spacial score (nSPS) is 12.7. The lowest BCUT2D eigenvalue weighted by Crippen LogP contribution is -2.18. The molecule has 3 nitrogen and oxygen atoms in total. The Kier molecular flexibility index (Phi) is 6.64. The van der Waals surface area contributed by atoms with Crippen molar-refractivity contribution in [3.8, 4) is 11.5 Å². The van der Waals surface area contributed by atoms with Crippen LogP contribution in [-0.2, 0) is 0 Å². The molecule has 0 saturated carbocycles. The van der Waals surface area contributed by atoms with Crippen molar-refractivity contribution in [1.29, 1.82) is 0 Å². The zero-order valence-electron chi connectivity index (χ0n) is 13.4. The second-order valence-electron chi connectivity index (χ2n) is 5.44. The highest BCUT2D eigenvalue weighted by Crippen LogP contribution is 2.31. The number of halogens is 4. The van der Waals surface area contributed by atoms with Crippen molar-refractivity contribution in [3.05, 3.63) is 59.9 Å². The summed E-state index contributed by atoms with van der Waals surface area (Å²) in [6.45, 7) is 0.555. The largest absolute Gasteiger partial charge is 0.573 e. The summed E-state index contributed by atoms with van der Waals surface area (Å²) in [4.78, 5) is 0. The SMILES string of the molecule is NCCCC[C@@H](Oc1ccc(OC(F)(F)F)c(F)c1)c1ccccc1. The van der Waals surface area contributed by atoms with Crippen molar-refractivity contribution in [2.24, 2.45) is 5.73 Å². The highest BCUT2D eigenvalue weighted by Gasteiger charge is 2.32. The maximum atomic E-state index is 13.8. The molecule has 0 unspecified atom stereocenters. The maximum absolute atomic E-state index is 13.8. The molecule has 0 aromatic heterocycles. The molecule has 0 fully saturated rings. The number of hydrogen-bond acceptors (Lipinski definition) is 3. The number of benzene rings is 2. The van der Waals surface area contributed by atoms with Gasteiger partial charge in [0, 0.05) is 6.07 Å². The van der Waals surface area contributed by atoms with Crippen LogP contribution in [0.1, 0.15) is 30.9 Å². The van der Waals surface area contributed by atoms with Crippen molar-refractivity contribution >= 4 is 0 Å². The van der Waals surface area contributed by atoms with Crippen LogP contribution in [0.25, 0.3) is 0 Å². The Bertz CT molecular complexity index is 662. The summed E-state index contributed by atoms with van der Waals surface area (Å²) >= 11 is 0. The molecule has 2 aromatic rings. The minimum atomic E-state index is -4.95. The van der Waals surface area contributed by atoms with Crippen molar-refractivity contribution in [2.45, 2.75) is 31.7 Å². The third-order valence-corrected chi connectivity index (χ3v) is 3.50. The van der Waals surface area contributed by atoms with Crippen LogP contribution < -0.4 is 15.2 Å². The quantitative estimate of drug-likeness (QED) is 0.536. The van der Waals surface area contributed by atoms with Gasteiger partial charge in [-0.2, -0.15) is 0 Å². The van der Waals surface area contributed by atoms with Crippen LogP contribution in [-0.4, -0.2) is 12.9 Å². The molecule has 0 spiro atoms. The van der Waals surface area contributed by atoms with Gasteiger partial charge in [-0.3, -0.25) is 0 Å². The van der Waals surface area contributed by atoms with Gasteiger partial charge < -0.3 is 15.2 Å². The Morgan fingerprint density at radius 2 is 1.72 bits per heavy atom. The number of ether oxygens (including phenoxy) is 2. The van der Waals surface area contributed by atoms with E-state index in [1.54, 1.807) is 0 Å². The van der Waals surface area contributed by atoms with Crippen molar-refractivity contribution in [1.82, 2.24) is 0 Å². The Labute approximate surface area is 143 Å². The van der Waals surface area contributed by atoms with Crippen molar-refractivity contribution < 1.29 is 27.0 Å². The highest BCUT2D eigenvalue weighted by molar-refractivity contribution is 5.34. The molecular formula is C18H19F4NO2. The van der Waals surface area contributed by atoms with Crippen LogP contribution in [0.3, 0.4) is 0 Å². The van der Waals surface area contributed by atoms with Crippen molar-refractivity contribution in [2.75, 3.05) is 6.54 Å². The molecular weight excluding hydrogens is 338 g/mol. The van der Waals surface area contributed by atoms with Gasteiger partial charge in [0.1, 0.15) is 11.9 Å². The van der Waals surface area contributed by atoms with E-state index < -0.39 is 17.9 Å². The van der Waals surface area contributed by atoms with Gasteiger partial charge in [-0.05, 0) is 43.5 Å². The Hall–Kier alpha value is -2.28. The second kappa shape index (κ2) is 8.71. The van der Waals surface area contributed by atoms with Gasteiger partial charge in [-0.25, -0.2) is 4.39 Å². The first-order valence-electron chi connectivity index (χ1n) is 7.86. The van der Waals surface area contributed by atoms with Crippen LogP contribution in [0.4, 0.5) is 17.6 Å². The molecule has 0 aliphatic carbocycles. The fourth-order valence-electron chi connectivity index (χ4n) is 2.36. The average Bonchev–Trinajstić information content (AvgIpc) is 2.56. The Balaban J connectivity index is 2.13. The molecule has 0 heterocycles. The standard InChI is InChI=1S/C18H19F4NO2/c19-15-12-14(9-10-17(15)25-18(20,21)22)24-16(8-4-5-11-23)13-6-2-1-3-7-13/h1-3,6-7,9-10,12,16H,4-5,8,11,23H2/t16-/m1/s1. The topological polar surface area (TPSA) is 44.5 Å². The Morgan fingerprint density at radius 3 is 2.32 bits per heavy atom. The molecule has 2 N–H and O–H groups in total. The molecule has 25 heavy (non-hydrogen) atoms. The number of rotatable bonds is 8. The molecule has 0 aliphatic heterocycles. The summed E-state index contributed by atoms with van der Waals surface area (Å²) in [7, 11) is 0. The molecule has 0 aliphatic rings. The smallest absolute Gasteiger partial charge is 0.486 e. The molecule has 0 saturated heterocycles. The number of nitrogens with two attached hydrogens (primary N) is 1. The molecule has 1 atom stereocenters. The molecule has 136 valence electrons. The number of hydrogen-bond donors (Lipinski definition) is 1. The van der Waals surface area contributed by atoms with Gasteiger partial charge in [0.15, 0.2) is 11.6 Å².